The predicted molar refractivity (Wildman–Crippen MR) is 140 cm³/mol. The third kappa shape index (κ3) is 17.6. The number of rotatable bonds is 22. The van der Waals surface area contributed by atoms with Gasteiger partial charge in [0, 0.05) is 12.8 Å². The number of amides is 1. The Labute approximate surface area is 208 Å². The molecule has 0 bridgehead atoms. The van der Waals surface area contributed by atoms with Crippen molar-refractivity contribution in [2.75, 3.05) is 13.7 Å². The summed E-state index contributed by atoms with van der Waals surface area (Å²) in [5.41, 5.74) is 1.14. The van der Waals surface area contributed by atoms with Gasteiger partial charge in [0.25, 0.3) is 0 Å². The highest BCUT2D eigenvalue weighted by Crippen LogP contribution is 2.13. The first-order valence-corrected chi connectivity index (χ1v) is 13.6. The van der Waals surface area contributed by atoms with Gasteiger partial charge in [-0.15, -0.1) is 0 Å². The van der Waals surface area contributed by atoms with Gasteiger partial charge in [0.15, 0.2) is 0 Å². The van der Waals surface area contributed by atoms with Crippen LogP contribution in [0.15, 0.2) is 30.3 Å². The van der Waals surface area contributed by atoms with Gasteiger partial charge >= 0.3 is 5.97 Å². The summed E-state index contributed by atoms with van der Waals surface area (Å²) in [6, 6.07) is 10.1. The molecule has 34 heavy (non-hydrogen) atoms. The largest absolute Gasteiger partial charge is 0.469 e. The topological polar surface area (TPSA) is 64.6 Å². The summed E-state index contributed by atoms with van der Waals surface area (Å²) in [4.78, 5) is 23.6. The second-order valence-electron chi connectivity index (χ2n) is 9.37. The molecule has 1 aromatic rings. The lowest BCUT2D eigenvalue weighted by Crippen LogP contribution is -2.38. The molecule has 0 saturated carbocycles. The summed E-state index contributed by atoms with van der Waals surface area (Å²) in [5.74, 6) is -0.289. The van der Waals surface area contributed by atoms with E-state index in [9.17, 15) is 9.59 Å². The van der Waals surface area contributed by atoms with Gasteiger partial charge in [0.05, 0.1) is 26.4 Å². The van der Waals surface area contributed by atoms with E-state index in [4.69, 9.17) is 4.74 Å². The number of esters is 1. The van der Waals surface area contributed by atoms with Crippen molar-refractivity contribution < 1.29 is 19.1 Å². The summed E-state index contributed by atoms with van der Waals surface area (Å²) in [6.45, 7) is 3.32. The predicted octanol–water partition coefficient (Wildman–Crippen LogP) is 7.12. The van der Waals surface area contributed by atoms with Crippen LogP contribution in [-0.2, 0) is 25.7 Å². The number of ether oxygens (including phenoxy) is 2. The van der Waals surface area contributed by atoms with Crippen LogP contribution < -0.4 is 5.32 Å². The molecule has 1 unspecified atom stereocenters. The molecule has 1 aromatic carbocycles. The third-order valence-electron chi connectivity index (χ3n) is 6.21. The van der Waals surface area contributed by atoms with Gasteiger partial charge in [0.2, 0.25) is 5.91 Å². The fourth-order valence-corrected chi connectivity index (χ4v) is 4.12. The molecule has 0 aliphatic carbocycles. The normalized spacial score (nSPS) is 11.8. The van der Waals surface area contributed by atoms with Crippen LogP contribution in [0.2, 0.25) is 0 Å². The highest BCUT2D eigenvalue weighted by atomic mass is 16.5. The molecule has 1 N–H and O–H groups in total. The minimum Gasteiger partial charge on any atom is -0.469 e. The van der Waals surface area contributed by atoms with Gasteiger partial charge in [-0.1, -0.05) is 114 Å². The summed E-state index contributed by atoms with van der Waals surface area (Å²) in [7, 11) is 1.37. The number of methoxy groups -OCH3 is 1. The fourth-order valence-electron chi connectivity index (χ4n) is 4.12. The number of carbonyl (C=O) groups excluding carboxylic acids is 2. The van der Waals surface area contributed by atoms with E-state index in [2.05, 4.69) is 17.0 Å². The van der Waals surface area contributed by atoms with Crippen molar-refractivity contribution in [1.29, 1.82) is 0 Å². The van der Waals surface area contributed by atoms with Crippen molar-refractivity contribution in [3.05, 3.63) is 35.9 Å². The SMILES string of the molecule is CCCCCCCCCCCCCCC(COCc1ccccc1)NC(=O)CCCC(=O)OC. The molecule has 1 amide bonds. The Morgan fingerprint density at radius 2 is 1.38 bits per heavy atom. The van der Waals surface area contributed by atoms with Crippen LogP contribution in [0.3, 0.4) is 0 Å². The molecule has 5 heteroatoms. The van der Waals surface area contributed by atoms with Crippen molar-refractivity contribution in [3.63, 3.8) is 0 Å². The molecule has 0 fully saturated rings. The molecule has 0 heterocycles. The molecule has 0 aliphatic rings. The number of hydrogen-bond donors (Lipinski definition) is 1. The van der Waals surface area contributed by atoms with Crippen LogP contribution in [0.5, 0.6) is 0 Å². The molecule has 5 nitrogen and oxygen atoms in total. The molecule has 0 aliphatic heterocycles. The zero-order valence-electron chi connectivity index (χ0n) is 21.8. The molecule has 0 spiro atoms. The molecule has 0 radical (unpaired) electrons. The van der Waals surface area contributed by atoms with Crippen LogP contribution in [-0.4, -0.2) is 31.6 Å². The Hall–Kier alpha value is -1.88. The van der Waals surface area contributed by atoms with Crippen LogP contribution >= 0.6 is 0 Å². The quantitative estimate of drug-likeness (QED) is 0.143. The Morgan fingerprint density at radius 1 is 0.794 bits per heavy atom. The summed E-state index contributed by atoms with van der Waals surface area (Å²) < 4.78 is 10.6. The van der Waals surface area contributed by atoms with E-state index in [0.29, 0.717) is 26.1 Å². The molecular weight excluding hydrogens is 426 g/mol. The maximum atomic E-state index is 12.4. The monoisotopic (exact) mass is 475 g/mol. The Morgan fingerprint density at radius 3 is 1.97 bits per heavy atom. The van der Waals surface area contributed by atoms with E-state index >= 15 is 0 Å². The van der Waals surface area contributed by atoms with Crippen molar-refractivity contribution in [3.8, 4) is 0 Å². The molecule has 1 rings (SSSR count). The standard InChI is InChI=1S/C29H49NO4/c1-3-4-5-6-7-8-9-10-11-12-13-17-21-27(25-34-24-26-19-15-14-16-20-26)30-28(31)22-18-23-29(32)33-2/h14-16,19-20,27H,3-13,17-18,21-25H2,1-2H3,(H,30,31). The van der Waals surface area contributed by atoms with E-state index in [0.717, 1.165) is 18.4 Å². The Kier molecular flexibility index (Phi) is 19.2. The van der Waals surface area contributed by atoms with Gasteiger partial charge in [-0.2, -0.15) is 0 Å². The summed E-state index contributed by atoms with van der Waals surface area (Å²) in [6.07, 6.45) is 17.9. The third-order valence-corrected chi connectivity index (χ3v) is 6.21. The van der Waals surface area contributed by atoms with Gasteiger partial charge in [-0.25, -0.2) is 0 Å². The van der Waals surface area contributed by atoms with E-state index in [-0.39, 0.29) is 24.3 Å². The molecular formula is C29H49NO4. The lowest BCUT2D eigenvalue weighted by Gasteiger charge is -2.19. The maximum Gasteiger partial charge on any atom is 0.305 e. The Bertz CT molecular complexity index is 620. The molecule has 0 aromatic heterocycles. The lowest BCUT2D eigenvalue weighted by molar-refractivity contribution is -0.140. The number of nitrogens with one attached hydrogen (secondary N) is 1. The van der Waals surface area contributed by atoms with Crippen molar-refractivity contribution in [2.24, 2.45) is 0 Å². The van der Waals surface area contributed by atoms with Crippen molar-refractivity contribution >= 4 is 11.9 Å². The second-order valence-corrected chi connectivity index (χ2v) is 9.37. The zero-order valence-corrected chi connectivity index (χ0v) is 21.8. The molecule has 1 atom stereocenters. The first-order chi connectivity index (χ1) is 16.7. The summed E-state index contributed by atoms with van der Waals surface area (Å²) >= 11 is 0. The average molecular weight is 476 g/mol. The summed E-state index contributed by atoms with van der Waals surface area (Å²) in [5, 5.41) is 3.12. The number of hydrogen-bond acceptors (Lipinski definition) is 4. The van der Waals surface area contributed by atoms with Crippen molar-refractivity contribution in [1.82, 2.24) is 5.32 Å². The maximum absolute atomic E-state index is 12.4. The van der Waals surface area contributed by atoms with E-state index < -0.39 is 0 Å². The number of benzene rings is 1. The highest BCUT2D eigenvalue weighted by Gasteiger charge is 2.13. The fraction of sp³-hybridized carbons (Fsp3) is 0.724. The van der Waals surface area contributed by atoms with Gasteiger partial charge in [-0.3, -0.25) is 9.59 Å². The molecule has 194 valence electrons. The smallest absolute Gasteiger partial charge is 0.305 e. The minimum atomic E-state index is -0.271. The van der Waals surface area contributed by atoms with Gasteiger partial charge in [0.1, 0.15) is 0 Å². The van der Waals surface area contributed by atoms with Crippen LogP contribution in [0, 0.1) is 0 Å². The Balaban J connectivity index is 2.22. The molecule has 0 saturated heterocycles. The second kappa shape index (κ2) is 21.6. The minimum absolute atomic E-state index is 0.0115. The zero-order chi connectivity index (χ0) is 24.7. The number of unbranched alkanes of at least 4 members (excludes halogenated alkanes) is 11. The highest BCUT2D eigenvalue weighted by molar-refractivity contribution is 5.77. The first kappa shape index (κ1) is 30.2. The van der Waals surface area contributed by atoms with E-state index in [1.54, 1.807) is 0 Å². The van der Waals surface area contributed by atoms with Crippen LogP contribution in [0.25, 0.3) is 0 Å². The van der Waals surface area contributed by atoms with Gasteiger partial charge < -0.3 is 14.8 Å². The van der Waals surface area contributed by atoms with Crippen LogP contribution in [0.4, 0.5) is 0 Å². The average Bonchev–Trinajstić information content (AvgIpc) is 2.85. The van der Waals surface area contributed by atoms with E-state index in [1.807, 2.05) is 30.3 Å². The van der Waals surface area contributed by atoms with Gasteiger partial charge in [-0.05, 0) is 18.4 Å². The lowest BCUT2D eigenvalue weighted by atomic mass is 10.0. The van der Waals surface area contributed by atoms with E-state index in [1.165, 1.54) is 77.7 Å². The van der Waals surface area contributed by atoms with Crippen molar-refractivity contribution in [2.45, 2.75) is 122 Å². The number of carbonyl (C=O) groups is 2. The van der Waals surface area contributed by atoms with Crippen LogP contribution in [0.1, 0.15) is 115 Å². The first-order valence-electron chi connectivity index (χ1n) is 13.6.